The molecule has 0 aliphatic carbocycles. The molecular formula is C5H7N3S. The lowest BCUT2D eigenvalue weighted by Crippen LogP contribution is -1.83. The van der Waals surface area contributed by atoms with Crippen LogP contribution in [0.3, 0.4) is 0 Å². The van der Waals surface area contributed by atoms with Crippen LogP contribution in [0.1, 0.15) is 5.69 Å². The van der Waals surface area contributed by atoms with Crippen molar-refractivity contribution in [2.24, 2.45) is 0 Å². The van der Waals surface area contributed by atoms with Gasteiger partial charge in [0.1, 0.15) is 5.00 Å². The van der Waals surface area contributed by atoms with E-state index < -0.39 is 0 Å². The quantitative estimate of drug-likeness (QED) is 0.612. The average Bonchev–Trinajstić information content (AvgIpc) is 2.10. The number of hydrogen-bond acceptors (Lipinski definition) is 4. The summed E-state index contributed by atoms with van der Waals surface area (Å²) >= 11 is 1.27. The van der Waals surface area contributed by atoms with Crippen LogP contribution in [0.25, 0.3) is 6.08 Å². The second kappa shape index (κ2) is 2.06. The lowest BCUT2D eigenvalue weighted by molar-refractivity contribution is 1.39. The maximum absolute atomic E-state index is 5.46. The van der Waals surface area contributed by atoms with Gasteiger partial charge in [0.25, 0.3) is 0 Å². The van der Waals surface area contributed by atoms with Crippen molar-refractivity contribution in [3.05, 3.63) is 12.3 Å². The molecular weight excluding hydrogens is 134 g/mol. The van der Waals surface area contributed by atoms with Crippen LogP contribution >= 0.6 is 11.3 Å². The first-order valence-electron chi connectivity index (χ1n) is 2.38. The van der Waals surface area contributed by atoms with Gasteiger partial charge in [-0.3, -0.25) is 0 Å². The molecule has 0 aliphatic rings. The smallest absolute Gasteiger partial charge is 0.182 e. The number of anilines is 2. The molecule has 1 rings (SSSR count). The molecule has 48 valence electrons. The van der Waals surface area contributed by atoms with Crippen LogP contribution < -0.4 is 11.5 Å². The average molecular weight is 141 g/mol. The van der Waals surface area contributed by atoms with Gasteiger partial charge in [-0.25, -0.2) is 4.98 Å². The van der Waals surface area contributed by atoms with Crippen LogP contribution in [0, 0.1) is 0 Å². The predicted molar refractivity (Wildman–Crippen MR) is 41.0 cm³/mol. The second-order valence-corrected chi connectivity index (χ2v) is 2.57. The zero-order valence-corrected chi connectivity index (χ0v) is 5.61. The summed E-state index contributed by atoms with van der Waals surface area (Å²) in [6, 6.07) is 0. The Morgan fingerprint density at radius 1 is 1.56 bits per heavy atom. The summed E-state index contributed by atoms with van der Waals surface area (Å²) in [5.74, 6) is 0. The summed E-state index contributed by atoms with van der Waals surface area (Å²) in [6.45, 7) is 3.51. The van der Waals surface area contributed by atoms with E-state index in [0.717, 1.165) is 0 Å². The maximum atomic E-state index is 5.46. The van der Waals surface area contributed by atoms with E-state index in [4.69, 9.17) is 11.5 Å². The third-order valence-corrected chi connectivity index (χ3v) is 1.62. The normalized spacial score (nSPS) is 9.33. The summed E-state index contributed by atoms with van der Waals surface area (Å²) in [5.41, 5.74) is 11.5. The highest BCUT2D eigenvalue weighted by molar-refractivity contribution is 7.19. The number of thiazole rings is 1. The van der Waals surface area contributed by atoms with Gasteiger partial charge in [-0.05, 0) is 6.08 Å². The monoisotopic (exact) mass is 141 g/mol. The number of nitrogens with zero attached hydrogens (tertiary/aromatic N) is 1. The topological polar surface area (TPSA) is 64.9 Å². The van der Waals surface area contributed by atoms with Crippen molar-refractivity contribution in [2.45, 2.75) is 0 Å². The number of aromatic nitrogens is 1. The van der Waals surface area contributed by atoms with E-state index in [-0.39, 0.29) is 0 Å². The fourth-order valence-electron chi connectivity index (χ4n) is 0.508. The first-order valence-corrected chi connectivity index (χ1v) is 3.20. The molecule has 4 heteroatoms. The number of nitrogens with two attached hydrogens (primary N) is 2. The van der Waals surface area contributed by atoms with E-state index in [2.05, 4.69) is 11.6 Å². The van der Waals surface area contributed by atoms with Gasteiger partial charge >= 0.3 is 0 Å². The lowest BCUT2D eigenvalue weighted by Gasteiger charge is -1.81. The molecule has 0 radical (unpaired) electrons. The van der Waals surface area contributed by atoms with Crippen molar-refractivity contribution in [3.63, 3.8) is 0 Å². The maximum Gasteiger partial charge on any atom is 0.182 e. The van der Waals surface area contributed by atoms with E-state index in [0.29, 0.717) is 15.8 Å². The molecule has 0 bridgehead atoms. The molecule has 4 N–H and O–H groups in total. The Labute approximate surface area is 57.0 Å². The molecule has 1 aromatic heterocycles. The molecule has 0 amide bonds. The fraction of sp³-hybridized carbons (Fsp3) is 0. The van der Waals surface area contributed by atoms with Gasteiger partial charge in [-0.1, -0.05) is 17.9 Å². The first kappa shape index (κ1) is 6.10. The number of rotatable bonds is 1. The summed E-state index contributed by atoms with van der Waals surface area (Å²) in [5, 5.41) is 1.12. The largest absolute Gasteiger partial charge is 0.389 e. The molecule has 0 fully saturated rings. The van der Waals surface area contributed by atoms with E-state index in [9.17, 15) is 0 Å². The van der Waals surface area contributed by atoms with Crippen LogP contribution in [-0.4, -0.2) is 4.98 Å². The molecule has 1 aromatic rings. The summed E-state index contributed by atoms with van der Waals surface area (Å²) in [4.78, 5) is 3.88. The van der Waals surface area contributed by atoms with Gasteiger partial charge in [0.15, 0.2) is 5.13 Å². The molecule has 0 saturated carbocycles. The Morgan fingerprint density at radius 2 is 2.22 bits per heavy atom. The minimum atomic E-state index is 0.488. The standard InChI is InChI=1S/C5H7N3S/c1-2-3-4(6)9-5(7)8-3/h2H,1,6H2,(H2,7,8). The molecule has 0 aliphatic heterocycles. The third kappa shape index (κ3) is 1.02. The van der Waals surface area contributed by atoms with E-state index >= 15 is 0 Å². The van der Waals surface area contributed by atoms with Gasteiger partial charge in [-0.2, -0.15) is 0 Å². The minimum absolute atomic E-state index is 0.488. The van der Waals surface area contributed by atoms with Crippen molar-refractivity contribution in [2.75, 3.05) is 11.5 Å². The van der Waals surface area contributed by atoms with E-state index in [1.54, 1.807) is 6.08 Å². The van der Waals surface area contributed by atoms with Gasteiger partial charge in [0.05, 0.1) is 5.69 Å². The molecule has 0 aromatic carbocycles. The van der Waals surface area contributed by atoms with Crippen molar-refractivity contribution in [1.29, 1.82) is 0 Å². The number of nitrogen functional groups attached to an aromatic ring is 2. The molecule has 0 unspecified atom stereocenters. The molecule has 9 heavy (non-hydrogen) atoms. The van der Waals surface area contributed by atoms with Crippen LogP contribution in [0.2, 0.25) is 0 Å². The Balaban J connectivity index is 3.15. The SMILES string of the molecule is C=Cc1nc(N)sc1N. The lowest BCUT2D eigenvalue weighted by atomic mass is 10.5. The van der Waals surface area contributed by atoms with Crippen molar-refractivity contribution >= 4 is 27.5 Å². The van der Waals surface area contributed by atoms with Crippen molar-refractivity contribution < 1.29 is 0 Å². The zero-order chi connectivity index (χ0) is 6.85. The Kier molecular flexibility index (Phi) is 1.40. The zero-order valence-electron chi connectivity index (χ0n) is 4.79. The fourth-order valence-corrected chi connectivity index (χ4v) is 1.11. The van der Waals surface area contributed by atoms with Crippen molar-refractivity contribution in [1.82, 2.24) is 4.98 Å². The van der Waals surface area contributed by atoms with Crippen LogP contribution in [-0.2, 0) is 0 Å². The van der Waals surface area contributed by atoms with Gasteiger partial charge in [0.2, 0.25) is 0 Å². The summed E-state index contributed by atoms with van der Waals surface area (Å²) in [6.07, 6.45) is 1.59. The molecule has 0 spiro atoms. The number of hydrogen-bond donors (Lipinski definition) is 2. The Bertz CT molecular complexity index is 228. The third-order valence-electron chi connectivity index (χ3n) is 0.891. The minimum Gasteiger partial charge on any atom is -0.389 e. The molecule has 1 heterocycles. The van der Waals surface area contributed by atoms with Crippen LogP contribution in [0.4, 0.5) is 10.1 Å². The van der Waals surface area contributed by atoms with Gasteiger partial charge < -0.3 is 11.5 Å². The van der Waals surface area contributed by atoms with Crippen LogP contribution in [0.15, 0.2) is 6.58 Å². The van der Waals surface area contributed by atoms with Gasteiger partial charge in [-0.15, -0.1) is 0 Å². The Morgan fingerprint density at radius 3 is 2.44 bits per heavy atom. The predicted octanol–water partition coefficient (Wildman–Crippen LogP) is 0.951. The highest BCUT2D eigenvalue weighted by atomic mass is 32.1. The molecule has 0 atom stereocenters. The van der Waals surface area contributed by atoms with Gasteiger partial charge in [0, 0.05) is 0 Å². The summed E-state index contributed by atoms with van der Waals surface area (Å²) in [7, 11) is 0. The van der Waals surface area contributed by atoms with E-state index in [1.165, 1.54) is 11.3 Å². The Hall–Kier alpha value is -1.03. The first-order chi connectivity index (χ1) is 4.24. The van der Waals surface area contributed by atoms with E-state index in [1.807, 2.05) is 0 Å². The molecule has 3 nitrogen and oxygen atoms in total. The summed E-state index contributed by atoms with van der Waals surface area (Å²) < 4.78 is 0. The molecule has 0 saturated heterocycles. The highest BCUT2D eigenvalue weighted by Gasteiger charge is 1.99. The van der Waals surface area contributed by atoms with Crippen LogP contribution in [0.5, 0.6) is 0 Å². The highest BCUT2D eigenvalue weighted by Crippen LogP contribution is 2.22. The van der Waals surface area contributed by atoms with Crippen molar-refractivity contribution in [3.8, 4) is 0 Å². The second-order valence-electron chi connectivity index (χ2n) is 1.51.